The molecule has 1 aromatic carbocycles. The number of carbonyl (C=O) groups is 1. The topological polar surface area (TPSA) is 63.0 Å². The highest BCUT2D eigenvalue weighted by Gasteiger charge is 2.46. The third-order valence-corrected chi connectivity index (χ3v) is 9.15. The van der Waals surface area contributed by atoms with E-state index < -0.39 is 0 Å². The highest BCUT2D eigenvalue weighted by molar-refractivity contribution is 5.86. The summed E-state index contributed by atoms with van der Waals surface area (Å²) < 4.78 is 11.6. The standard InChI is InChI=1S/C29H36N2O4/c1-17-18(2)29(33)35-28-19(3)25(10-9-23(17)28)34-16-26(32)31-12-6-7-20-13-21-14-22(27(20)31)15-30-11-5-4-8-24(21)30/h9-10,13,21-22,24,27H,4-8,11-12,14-16H2,1-3H3. The molecule has 2 bridgehead atoms. The van der Waals surface area contributed by atoms with Crippen molar-refractivity contribution in [2.75, 3.05) is 26.2 Å². The number of piperidine rings is 3. The summed E-state index contributed by atoms with van der Waals surface area (Å²) in [5.74, 6) is 1.85. The number of carbonyl (C=O) groups excluding carboxylic acids is 1. The van der Waals surface area contributed by atoms with Crippen molar-refractivity contribution >= 4 is 16.9 Å². The fraction of sp³-hybridized carbons (Fsp3) is 0.586. The van der Waals surface area contributed by atoms with Gasteiger partial charge in [-0.05, 0) is 89.0 Å². The minimum absolute atomic E-state index is 0.00763. The van der Waals surface area contributed by atoms with Crippen molar-refractivity contribution in [1.29, 1.82) is 0 Å². The summed E-state index contributed by atoms with van der Waals surface area (Å²) >= 11 is 0. The van der Waals surface area contributed by atoms with Crippen LogP contribution in [0, 0.1) is 32.6 Å². The van der Waals surface area contributed by atoms with E-state index in [-0.39, 0.29) is 24.2 Å². The van der Waals surface area contributed by atoms with Crippen LogP contribution in [0.2, 0.25) is 0 Å². The van der Waals surface area contributed by atoms with Gasteiger partial charge in [0.15, 0.2) is 6.61 Å². The number of rotatable bonds is 3. The Morgan fingerprint density at radius 1 is 1.09 bits per heavy atom. The Bertz CT molecular complexity index is 1260. The number of amides is 1. The fourth-order valence-corrected chi connectivity index (χ4v) is 7.26. The second-order valence-electron chi connectivity index (χ2n) is 11.1. The van der Waals surface area contributed by atoms with Gasteiger partial charge in [-0.25, -0.2) is 4.79 Å². The zero-order valence-corrected chi connectivity index (χ0v) is 21.1. The molecule has 4 unspecified atom stereocenters. The van der Waals surface area contributed by atoms with Crippen LogP contribution in [0.4, 0.5) is 0 Å². The third kappa shape index (κ3) is 3.81. The van der Waals surface area contributed by atoms with Crippen LogP contribution in [0.1, 0.15) is 55.2 Å². The van der Waals surface area contributed by atoms with Gasteiger partial charge in [-0.1, -0.05) is 18.1 Å². The summed E-state index contributed by atoms with van der Waals surface area (Å²) in [5.41, 5.74) is 4.03. The van der Waals surface area contributed by atoms with Crippen LogP contribution in [0.3, 0.4) is 0 Å². The Labute approximate surface area is 206 Å². The lowest BCUT2D eigenvalue weighted by molar-refractivity contribution is -0.138. The molecule has 1 aromatic heterocycles. The quantitative estimate of drug-likeness (QED) is 0.482. The first kappa shape index (κ1) is 22.8. The van der Waals surface area contributed by atoms with Crippen molar-refractivity contribution in [1.82, 2.24) is 9.80 Å². The summed E-state index contributed by atoms with van der Waals surface area (Å²) in [7, 11) is 0. The van der Waals surface area contributed by atoms with E-state index in [1.807, 2.05) is 26.0 Å². The molecule has 6 heteroatoms. The van der Waals surface area contributed by atoms with Crippen molar-refractivity contribution in [3.8, 4) is 5.75 Å². The Balaban J connectivity index is 1.21. The van der Waals surface area contributed by atoms with Crippen LogP contribution in [0.5, 0.6) is 5.75 Å². The van der Waals surface area contributed by atoms with Gasteiger partial charge in [0.05, 0.1) is 6.04 Å². The molecule has 4 aliphatic rings. The Kier molecular flexibility index (Phi) is 5.75. The van der Waals surface area contributed by atoms with Gasteiger partial charge in [-0.2, -0.15) is 0 Å². The molecule has 1 aliphatic carbocycles. The predicted molar refractivity (Wildman–Crippen MR) is 136 cm³/mol. The largest absolute Gasteiger partial charge is 0.483 e. The van der Waals surface area contributed by atoms with Crippen molar-refractivity contribution in [3.63, 3.8) is 0 Å². The summed E-state index contributed by atoms with van der Waals surface area (Å²) in [4.78, 5) is 30.5. The molecule has 6 rings (SSSR count). The SMILES string of the molecule is Cc1c(C)c2ccc(OCC(=O)N3CCCC4=CC5CC(CN6CCCCC56)C43)c(C)c2oc1=O. The minimum atomic E-state index is -0.321. The monoisotopic (exact) mass is 476 g/mol. The van der Waals surface area contributed by atoms with Crippen LogP contribution >= 0.6 is 0 Å². The van der Waals surface area contributed by atoms with Crippen molar-refractivity contribution < 1.29 is 13.9 Å². The van der Waals surface area contributed by atoms with Gasteiger partial charge in [0.25, 0.3) is 5.91 Å². The van der Waals surface area contributed by atoms with E-state index in [9.17, 15) is 9.59 Å². The summed E-state index contributed by atoms with van der Waals surface area (Å²) in [6.07, 6.45) is 9.89. The predicted octanol–water partition coefficient (Wildman–Crippen LogP) is 4.52. The number of nitrogens with zero attached hydrogens (tertiary/aromatic N) is 2. The van der Waals surface area contributed by atoms with Crippen LogP contribution in [0.15, 0.2) is 33.0 Å². The molecule has 35 heavy (non-hydrogen) atoms. The van der Waals surface area contributed by atoms with Gasteiger partial charge in [-0.15, -0.1) is 0 Å². The van der Waals surface area contributed by atoms with Crippen molar-refractivity contribution in [2.24, 2.45) is 11.8 Å². The first-order valence-electron chi connectivity index (χ1n) is 13.3. The van der Waals surface area contributed by atoms with Gasteiger partial charge < -0.3 is 14.1 Å². The molecule has 1 amide bonds. The number of ether oxygens (including phenoxy) is 1. The number of fused-ring (bicyclic) bond motifs is 7. The molecule has 6 nitrogen and oxygen atoms in total. The number of benzene rings is 1. The van der Waals surface area contributed by atoms with Gasteiger partial charge in [0.1, 0.15) is 11.3 Å². The lowest BCUT2D eigenvalue weighted by atomic mass is 9.68. The van der Waals surface area contributed by atoms with Crippen LogP contribution in [-0.4, -0.2) is 54.0 Å². The number of likely N-dealkylation sites (tertiary alicyclic amines) is 1. The van der Waals surface area contributed by atoms with E-state index in [1.54, 1.807) is 6.92 Å². The average Bonchev–Trinajstić information content (AvgIpc) is 2.87. The molecule has 0 N–H and O–H groups in total. The van der Waals surface area contributed by atoms with Crippen LogP contribution < -0.4 is 10.4 Å². The summed E-state index contributed by atoms with van der Waals surface area (Å²) in [6, 6.07) is 4.75. The molecular weight excluding hydrogens is 440 g/mol. The highest BCUT2D eigenvalue weighted by atomic mass is 16.5. The van der Waals surface area contributed by atoms with Crippen LogP contribution in [0.25, 0.3) is 11.0 Å². The average molecular weight is 477 g/mol. The van der Waals surface area contributed by atoms with Crippen molar-refractivity contribution in [3.05, 3.63) is 50.9 Å². The Morgan fingerprint density at radius 2 is 1.94 bits per heavy atom. The molecule has 0 saturated carbocycles. The molecule has 3 fully saturated rings. The maximum atomic E-state index is 13.5. The lowest BCUT2D eigenvalue weighted by Gasteiger charge is -2.54. The molecule has 0 spiro atoms. The normalized spacial score (nSPS) is 28.3. The van der Waals surface area contributed by atoms with E-state index >= 15 is 0 Å². The molecule has 2 aromatic rings. The smallest absolute Gasteiger partial charge is 0.339 e. The molecule has 186 valence electrons. The zero-order valence-electron chi connectivity index (χ0n) is 21.1. The number of aryl methyl sites for hydroxylation is 2. The van der Waals surface area contributed by atoms with E-state index in [0.717, 1.165) is 42.4 Å². The molecule has 0 radical (unpaired) electrons. The third-order valence-electron chi connectivity index (χ3n) is 9.15. The van der Waals surface area contributed by atoms with Gasteiger partial charge in [0, 0.05) is 35.6 Å². The minimum Gasteiger partial charge on any atom is -0.483 e. The second-order valence-corrected chi connectivity index (χ2v) is 11.1. The number of hydrogen-bond donors (Lipinski definition) is 0. The Morgan fingerprint density at radius 3 is 2.80 bits per heavy atom. The van der Waals surface area contributed by atoms with Gasteiger partial charge >= 0.3 is 5.63 Å². The molecule has 4 heterocycles. The van der Waals surface area contributed by atoms with Crippen molar-refractivity contribution in [2.45, 2.75) is 71.4 Å². The molecular formula is C29H36N2O4. The first-order chi connectivity index (χ1) is 16.9. The number of hydrogen-bond acceptors (Lipinski definition) is 5. The highest BCUT2D eigenvalue weighted by Crippen LogP contribution is 2.45. The molecule has 3 saturated heterocycles. The second kappa shape index (κ2) is 8.81. The van der Waals surface area contributed by atoms with Crippen LogP contribution in [-0.2, 0) is 4.79 Å². The zero-order chi connectivity index (χ0) is 24.3. The fourth-order valence-electron chi connectivity index (χ4n) is 7.26. The molecule has 4 atom stereocenters. The maximum Gasteiger partial charge on any atom is 0.339 e. The lowest BCUT2D eigenvalue weighted by Crippen LogP contribution is -2.60. The summed E-state index contributed by atoms with van der Waals surface area (Å²) in [5, 5.41) is 0.911. The van der Waals surface area contributed by atoms with Gasteiger partial charge in [0.2, 0.25) is 0 Å². The molecule has 3 aliphatic heterocycles. The Hall–Kier alpha value is -2.60. The van der Waals surface area contributed by atoms with E-state index in [0.29, 0.717) is 34.8 Å². The van der Waals surface area contributed by atoms with E-state index in [1.165, 1.54) is 37.8 Å². The van der Waals surface area contributed by atoms with Gasteiger partial charge in [-0.3, -0.25) is 9.69 Å². The van der Waals surface area contributed by atoms with E-state index in [2.05, 4.69) is 15.9 Å². The first-order valence-corrected chi connectivity index (χ1v) is 13.3. The van der Waals surface area contributed by atoms with E-state index in [4.69, 9.17) is 9.15 Å². The summed E-state index contributed by atoms with van der Waals surface area (Å²) in [6.45, 7) is 8.75. The maximum absolute atomic E-state index is 13.5.